The molecule has 0 spiro atoms. The molecule has 140 valence electrons. The quantitative estimate of drug-likeness (QED) is 0.821. The van der Waals surface area contributed by atoms with Gasteiger partial charge >= 0.3 is 0 Å². The van der Waals surface area contributed by atoms with Gasteiger partial charge < -0.3 is 9.32 Å². The number of nitrogens with zero attached hydrogens (tertiary/aromatic N) is 2. The lowest BCUT2D eigenvalue weighted by Crippen LogP contribution is -2.50. The van der Waals surface area contributed by atoms with E-state index in [0.717, 1.165) is 5.56 Å². The van der Waals surface area contributed by atoms with Gasteiger partial charge in [-0.1, -0.05) is 18.2 Å². The molecule has 0 saturated carbocycles. The molecule has 0 unspecified atom stereocenters. The molecule has 1 N–H and O–H groups in total. The van der Waals surface area contributed by atoms with Crippen molar-refractivity contribution in [1.82, 2.24) is 14.5 Å². The van der Waals surface area contributed by atoms with Crippen molar-refractivity contribution in [2.75, 3.05) is 39.3 Å². The summed E-state index contributed by atoms with van der Waals surface area (Å²) in [6.45, 7) is 5.34. The predicted molar refractivity (Wildman–Crippen MR) is 97.4 cm³/mol. The topological polar surface area (TPSA) is 82.9 Å². The summed E-state index contributed by atoms with van der Waals surface area (Å²) >= 11 is 0. The van der Waals surface area contributed by atoms with Gasteiger partial charge in [0, 0.05) is 39.3 Å². The van der Waals surface area contributed by atoms with Crippen molar-refractivity contribution in [2.24, 2.45) is 0 Å². The van der Waals surface area contributed by atoms with Crippen LogP contribution < -0.4 is 4.72 Å². The highest BCUT2D eigenvalue weighted by Crippen LogP contribution is 2.13. The summed E-state index contributed by atoms with van der Waals surface area (Å²) in [4.78, 5) is 16.4. The van der Waals surface area contributed by atoms with E-state index < -0.39 is 10.0 Å². The smallest absolute Gasteiger partial charge is 0.289 e. The number of rotatable bonds is 6. The van der Waals surface area contributed by atoms with Gasteiger partial charge in [-0.25, -0.2) is 13.1 Å². The third-order valence-electron chi connectivity index (χ3n) is 4.49. The van der Waals surface area contributed by atoms with E-state index in [2.05, 4.69) is 9.62 Å². The number of piperazine rings is 1. The van der Waals surface area contributed by atoms with E-state index in [0.29, 0.717) is 49.9 Å². The van der Waals surface area contributed by atoms with Gasteiger partial charge in [0.15, 0.2) is 5.76 Å². The number of aryl methyl sites for hydroxylation is 1. The second kappa shape index (κ2) is 8.03. The zero-order valence-corrected chi connectivity index (χ0v) is 15.5. The van der Waals surface area contributed by atoms with Gasteiger partial charge in [0.2, 0.25) is 10.0 Å². The van der Waals surface area contributed by atoms with Crippen LogP contribution in [0.1, 0.15) is 16.1 Å². The second-order valence-electron chi connectivity index (χ2n) is 6.27. The first kappa shape index (κ1) is 18.6. The lowest BCUT2D eigenvalue weighted by Gasteiger charge is -2.34. The SMILES string of the molecule is Cc1ccccc1S(=O)(=O)NCCN1CCN(C(=O)c2ccco2)CC1. The van der Waals surface area contributed by atoms with Gasteiger partial charge in [-0.05, 0) is 30.7 Å². The number of amides is 1. The Kier molecular flexibility index (Phi) is 5.75. The minimum absolute atomic E-state index is 0.102. The van der Waals surface area contributed by atoms with Crippen LogP contribution in [0.25, 0.3) is 0 Å². The first-order valence-corrected chi connectivity index (χ1v) is 10.1. The highest BCUT2D eigenvalue weighted by Gasteiger charge is 2.24. The van der Waals surface area contributed by atoms with Crippen LogP contribution in [0.15, 0.2) is 52.0 Å². The number of hydrogen-bond acceptors (Lipinski definition) is 5. The molecule has 1 amide bonds. The number of carbonyl (C=O) groups is 1. The lowest BCUT2D eigenvalue weighted by molar-refractivity contribution is 0.0609. The molecule has 0 bridgehead atoms. The molecule has 8 heteroatoms. The van der Waals surface area contributed by atoms with Crippen LogP contribution in [0.4, 0.5) is 0 Å². The molecule has 26 heavy (non-hydrogen) atoms. The molecule has 1 aliphatic rings. The largest absolute Gasteiger partial charge is 0.459 e. The third kappa shape index (κ3) is 4.32. The monoisotopic (exact) mass is 377 g/mol. The summed E-state index contributed by atoms with van der Waals surface area (Å²) in [5, 5.41) is 0. The Balaban J connectivity index is 1.46. The highest BCUT2D eigenvalue weighted by atomic mass is 32.2. The summed E-state index contributed by atoms with van der Waals surface area (Å²) in [5.74, 6) is 0.249. The lowest BCUT2D eigenvalue weighted by atomic mass is 10.2. The van der Waals surface area contributed by atoms with Gasteiger partial charge in [-0.15, -0.1) is 0 Å². The Morgan fingerprint density at radius 1 is 1.12 bits per heavy atom. The molecule has 2 aromatic rings. The van der Waals surface area contributed by atoms with Crippen LogP contribution >= 0.6 is 0 Å². The summed E-state index contributed by atoms with van der Waals surface area (Å²) < 4.78 is 32.6. The Labute approximate surface area is 153 Å². The van der Waals surface area contributed by atoms with E-state index >= 15 is 0 Å². The average Bonchev–Trinajstić information content (AvgIpc) is 3.16. The average molecular weight is 377 g/mol. The van der Waals surface area contributed by atoms with E-state index in [1.165, 1.54) is 6.26 Å². The predicted octanol–water partition coefficient (Wildman–Crippen LogP) is 1.32. The Bertz CT molecular complexity index is 841. The summed E-state index contributed by atoms with van der Waals surface area (Å²) in [6, 6.07) is 10.3. The van der Waals surface area contributed by atoms with E-state index in [-0.39, 0.29) is 5.91 Å². The highest BCUT2D eigenvalue weighted by molar-refractivity contribution is 7.89. The number of furan rings is 1. The van der Waals surface area contributed by atoms with Gasteiger partial charge in [0.25, 0.3) is 5.91 Å². The van der Waals surface area contributed by atoms with E-state index in [1.54, 1.807) is 42.2 Å². The summed E-state index contributed by atoms with van der Waals surface area (Å²) in [7, 11) is -3.50. The van der Waals surface area contributed by atoms with Crippen LogP contribution in [0, 0.1) is 6.92 Å². The van der Waals surface area contributed by atoms with Crippen molar-refractivity contribution >= 4 is 15.9 Å². The standard InChI is InChI=1S/C18H23N3O4S/c1-15-5-2-3-7-17(15)26(23,24)19-8-9-20-10-12-21(13-11-20)18(22)16-6-4-14-25-16/h2-7,14,19H,8-13H2,1H3. The Morgan fingerprint density at radius 2 is 1.85 bits per heavy atom. The van der Waals surface area contributed by atoms with Crippen molar-refractivity contribution in [2.45, 2.75) is 11.8 Å². The Morgan fingerprint density at radius 3 is 2.50 bits per heavy atom. The third-order valence-corrected chi connectivity index (χ3v) is 6.12. The maximum absolute atomic E-state index is 12.4. The van der Waals surface area contributed by atoms with Crippen molar-refractivity contribution < 1.29 is 17.6 Å². The summed E-state index contributed by atoms with van der Waals surface area (Å²) in [5.41, 5.74) is 0.727. The van der Waals surface area contributed by atoms with Crippen LogP contribution in [0.5, 0.6) is 0 Å². The van der Waals surface area contributed by atoms with E-state index in [1.807, 2.05) is 6.07 Å². The van der Waals surface area contributed by atoms with Crippen LogP contribution in [0.3, 0.4) is 0 Å². The first-order chi connectivity index (χ1) is 12.5. The van der Waals surface area contributed by atoms with Gasteiger partial charge in [0.1, 0.15) is 0 Å². The minimum Gasteiger partial charge on any atom is -0.459 e. The molecule has 0 atom stereocenters. The zero-order chi connectivity index (χ0) is 18.6. The maximum Gasteiger partial charge on any atom is 0.289 e. The molecule has 1 aliphatic heterocycles. The molecule has 0 radical (unpaired) electrons. The molecular weight excluding hydrogens is 354 g/mol. The molecule has 1 saturated heterocycles. The van der Waals surface area contributed by atoms with Crippen molar-refractivity contribution in [3.63, 3.8) is 0 Å². The van der Waals surface area contributed by atoms with E-state index in [4.69, 9.17) is 4.42 Å². The number of sulfonamides is 1. The fourth-order valence-electron chi connectivity index (χ4n) is 3.00. The summed E-state index contributed by atoms with van der Waals surface area (Å²) in [6.07, 6.45) is 1.49. The minimum atomic E-state index is -3.50. The number of carbonyl (C=O) groups excluding carboxylic acids is 1. The maximum atomic E-state index is 12.4. The van der Waals surface area contributed by atoms with Gasteiger partial charge in [0.05, 0.1) is 11.2 Å². The van der Waals surface area contributed by atoms with Crippen LogP contribution in [0.2, 0.25) is 0 Å². The molecular formula is C18H23N3O4S. The van der Waals surface area contributed by atoms with Crippen molar-refractivity contribution in [3.05, 3.63) is 54.0 Å². The molecule has 1 fully saturated rings. The van der Waals surface area contributed by atoms with Crippen LogP contribution in [-0.2, 0) is 10.0 Å². The zero-order valence-electron chi connectivity index (χ0n) is 14.7. The second-order valence-corrected chi connectivity index (χ2v) is 8.01. The van der Waals surface area contributed by atoms with Crippen LogP contribution in [-0.4, -0.2) is 63.4 Å². The number of hydrogen-bond donors (Lipinski definition) is 1. The molecule has 2 heterocycles. The normalized spacial score (nSPS) is 16.0. The molecule has 1 aromatic carbocycles. The fraction of sp³-hybridized carbons (Fsp3) is 0.389. The van der Waals surface area contributed by atoms with Crippen molar-refractivity contribution in [1.29, 1.82) is 0 Å². The van der Waals surface area contributed by atoms with Gasteiger partial charge in [-0.3, -0.25) is 9.69 Å². The first-order valence-electron chi connectivity index (χ1n) is 8.58. The fourth-order valence-corrected chi connectivity index (χ4v) is 4.27. The van der Waals surface area contributed by atoms with E-state index in [9.17, 15) is 13.2 Å². The molecule has 7 nitrogen and oxygen atoms in total. The number of benzene rings is 1. The molecule has 0 aliphatic carbocycles. The molecule has 1 aromatic heterocycles. The number of nitrogens with one attached hydrogen (secondary N) is 1. The van der Waals surface area contributed by atoms with Gasteiger partial charge in [-0.2, -0.15) is 0 Å². The molecule has 3 rings (SSSR count). The van der Waals surface area contributed by atoms with Crippen molar-refractivity contribution in [3.8, 4) is 0 Å². The Hall–Kier alpha value is -2.16.